The van der Waals surface area contributed by atoms with Crippen LogP contribution in [-0.2, 0) is 21.1 Å². The third-order valence-corrected chi connectivity index (χ3v) is 4.61. The van der Waals surface area contributed by atoms with Crippen molar-refractivity contribution in [3.05, 3.63) is 65.7 Å². The van der Waals surface area contributed by atoms with Gasteiger partial charge < -0.3 is 10.6 Å². The van der Waals surface area contributed by atoms with Gasteiger partial charge in [-0.25, -0.2) is 8.42 Å². The van der Waals surface area contributed by atoms with Crippen LogP contribution >= 0.6 is 0 Å². The number of amides is 2. The van der Waals surface area contributed by atoms with Gasteiger partial charge in [0.1, 0.15) is 0 Å². The van der Waals surface area contributed by atoms with E-state index in [0.717, 1.165) is 11.8 Å². The van der Waals surface area contributed by atoms with E-state index in [1.165, 1.54) is 24.3 Å². The average Bonchev–Trinajstić information content (AvgIpc) is 2.59. The maximum Gasteiger partial charge on any atom is 0.251 e. The molecular weight excluding hydrogens is 340 g/mol. The molecule has 0 aliphatic heterocycles. The number of hydrogen-bond donors (Lipinski definition) is 2. The van der Waals surface area contributed by atoms with E-state index in [9.17, 15) is 18.0 Å². The number of hydrogen-bond acceptors (Lipinski definition) is 4. The molecule has 25 heavy (non-hydrogen) atoms. The van der Waals surface area contributed by atoms with Crippen LogP contribution < -0.4 is 10.6 Å². The quantitative estimate of drug-likeness (QED) is 0.725. The SMILES string of the molecule is CS(=O)(=O)c1ccc(C(=O)NCCNC(=O)Cc2ccccc2)cc1. The lowest BCUT2D eigenvalue weighted by Crippen LogP contribution is -2.35. The van der Waals surface area contributed by atoms with Crippen LogP contribution in [0.1, 0.15) is 15.9 Å². The van der Waals surface area contributed by atoms with Gasteiger partial charge in [0.05, 0.1) is 11.3 Å². The van der Waals surface area contributed by atoms with Crippen LogP contribution in [0.3, 0.4) is 0 Å². The van der Waals surface area contributed by atoms with Gasteiger partial charge in [0.25, 0.3) is 5.91 Å². The summed E-state index contributed by atoms with van der Waals surface area (Å²) in [5.74, 6) is -0.435. The van der Waals surface area contributed by atoms with Gasteiger partial charge in [0.2, 0.25) is 5.91 Å². The molecule has 6 nitrogen and oxygen atoms in total. The van der Waals surface area contributed by atoms with Crippen LogP contribution in [0.4, 0.5) is 0 Å². The molecule has 0 radical (unpaired) electrons. The number of nitrogens with one attached hydrogen (secondary N) is 2. The summed E-state index contributed by atoms with van der Waals surface area (Å²) < 4.78 is 22.8. The summed E-state index contributed by atoms with van der Waals surface area (Å²) in [6.45, 7) is 0.603. The molecule has 2 aromatic rings. The Labute approximate surface area is 147 Å². The standard InChI is InChI=1S/C18H20N2O4S/c1-25(23,24)16-9-7-15(8-10-16)18(22)20-12-11-19-17(21)13-14-5-3-2-4-6-14/h2-10H,11-13H2,1H3,(H,19,21)(H,20,22). The first-order chi connectivity index (χ1) is 11.9. The second-order valence-electron chi connectivity index (χ2n) is 5.56. The van der Waals surface area contributed by atoms with E-state index in [2.05, 4.69) is 10.6 Å². The van der Waals surface area contributed by atoms with E-state index < -0.39 is 9.84 Å². The van der Waals surface area contributed by atoms with Gasteiger partial charge in [0.15, 0.2) is 9.84 Å². The molecule has 0 saturated heterocycles. The van der Waals surface area contributed by atoms with Crippen molar-refractivity contribution in [2.75, 3.05) is 19.3 Å². The van der Waals surface area contributed by atoms with E-state index in [0.29, 0.717) is 18.5 Å². The molecule has 0 unspecified atom stereocenters. The highest BCUT2D eigenvalue weighted by Crippen LogP contribution is 2.10. The minimum absolute atomic E-state index is 0.113. The van der Waals surface area contributed by atoms with Crippen molar-refractivity contribution < 1.29 is 18.0 Å². The first-order valence-corrected chi connectivity index (χ1v) is 9.64. The smallest absolute Gasteiger partial charge is 0.251 e. The van der Waals surface area contributed by atoms with Crippen molar-refractivity contribution in [3.63, 3.8) is 0 Å². The Morgan fingerprint density at radius 1 is 0.880 bits per heavy atom. The molecule has 7 heteroatoms. The Morgan fingerprint density at radius 3 is 2.08 bits per heavy atom. The summed E-state index contributed by atoms with van der Waals surface area (Å²) >= 11 is 0. The molecular formula is C18H20N2O4S. The van der Waals surface area contributed by atoms with Crippen LogP contribution in [0.25, 0.3) is 0 Å². The predicted octanol–water partition coefficient (Wildman–Crippen LogP) is 1.18. The van der Waals surface area contributed by atoms with Crippen molar-refractivity contribution in [1.29, 1.82) is 0 Å². The van der Waals surface area contributed by atoms with E-state index in [4.69, 9.17) is 0 Å². The van der Waals surface area contributed by atoms with Gasteiger partial charge in [-0.1, -0.05) is 30.3 Å². The highest BCUT2D eigenvalue weighted by Gasteiger charge is 2.09. The van der Waals surface area contributed by atoms with Crippen molar-refractivity contribution in [2.24, 2.45) is 0 Å². The second kappa shape index (κ2) is 8.43. The molecule has 0 aromatic heterocycles. The summed E-state index contributed by atoms with van der Waals surface area (Å²) in [5.41, 5.74) is 1.29. The first-order valence-electron chi connectivity index (χ1n) is 7.75. The van der Waals surface area contributed by atoms with E-state index in [1.807, 2.05) is 30.3 Å². The van der Waals surface area contributed by atoms with E-state index >= 15 is 0 Å². The third-order valence-electron chi connectivity index (χ3n) is 3.48. The Balaban J connectivity index is 1.74. The molecule has 0 atom stereocenters. The molecule has 0 fully saturated rings. The molecule has 132 valence electrons. The van der Waals surface area contributed by atoms with Gasteiger partial charge in [0, 0.05) is 24.9 Å². The average molecular weight is 360 g/mol. The molecule has 0 aliphatic carbocycles. The minimum Gasteiger partial charge on any atom is -0.354 e. The fourth-order valence-corrected chi connectivity index (χ4v) is 2.81. The lowest BCUT2D eigenvalue weighted by Gasteiger charge is -2.08. The normalized spacial score (nSPS) is 10.9. The highest BCUT2D eigenvalue weighted by atomic mass is 32.2. The van der Waals surface area contributed by atoms with E-state index in [1.54, 1.807) is 0 Å². The zero-order valence-corrected chi connectivity index (χ0v) is 14.7. The second-order valence-corrected chi connectivity index (χ2v) is 7.58. The van der Waals surface area contributed by atoms with Gasteiger partial charge >= 0.3 is 0 Å². The largest absolute Gasteiger partial charge is 0.354 e. The lowest BCUT2D eigenvalue weighted by atomic mass is 10.1. The number of carbonyl (C=O) groups is 2. The Hall–Kier alpha value is -2.67. The van der Waals surface area contributed by atoms with Crippen LogP contribution in [-0.4, -0.2) is 39.6 Å². The zero-order valence-electron chi connectivity index (χ0n) is 13.9. The van der Waals surface area contributed by atoms with Crippen molar-refractivity contribution in [2.45, 2.75) is 11.3 Å². The summed E-state index contributed by atoms with van der Waals surface area (Å²) in [6, 6.07) is 15.1. The molecule has 2 rings (SSSR count). The third kappa shape index (κ3) is 6.04. The Bertz CT molecular complexity index is 831. The van der Waals surface area contributed by atoms with Gasteiger partial charge in [-0.05, 0) is 29.8 Å². The molecule has 0 saturated carbocycles. The summed E-state index contributed by atoms with van der Waals surface area (Å²) in [4.78, 5) is 23.9. The highest BCUT2D eigenvalue weighted by molar-refractivity contribution is 7.90. The fourth-order valence-electron chi connectivity index (χ4n) is 2.18. The maximum absolute atomic E-state index is 12.0. The van der Waals surface area contributed by atoms with Crippen LogP contribution in [0.5, 0.6) is 0 Å². The number of carbonyl (C=O) groups excluding carboxylic acids is 2. The molecule has 0 bridgehead atoms. The summed E-state index contributed by atoms with van der Waals surface area (Å²) in [6.07, 6.45) is 1.40. The molecule has 0 heterocycles. The predicted molar refractivity (Wildman–Crippen MR) is 95.0 cm³/mol. The van der Waals surface area contributed by atoms with Gasteiger partial charge in [-0.2, -0.15) is 0 Å². The zero-order chi connectivity index (χ0) is 18.3. The maximum atomic E-state index is 12.0. The summed E-state index contributed by atoms with van der Waals surface area (Å²) in [5, 5.41) is 5.41. The van der Waals surface area contributed by atoms with Gasteiger partial charge in [-0.3, -0.25) is 9.59 Å². The number of rotatable bonds is 7. The van der Waals surface area contributed by atoms with Crippen LogP contribution in [0, 0.1) is 0 Å². The molecule has 0 aliphatic rings. The topological polar surface area (TPSA) is 92.3 Å². The van der Waals surface area contributed by atoms with Crippen LogP contribution in [0.2, 0.25) is 0 Å². The fraction of sp³-hybridized carbons (Fsp3) is 0.222. The van der Waals surface area contributed by atoms with Crippen LogP contribution in [0.15, 0.2) is 59.5 Å². The number of benzene rings is 2. The summed E-state index contributed by atoms with van der Waals surface area (Å²) in [7, 11) is -3.28. The van der Waals surface area contributed by atoms with Gasteiger partial charge in [-0.15, -0.1) is 0 Å². The van der Waals surface area contributed by atoms with E-state index in [-0.39, 0.29) is 23.3 Å². The molecule has 2 amide bonds. The molecule has 0 spiro atoms. The molecule has 2 aromatic carbocycles. The Kier molecular flexibility index (Phi) is 6.30. The minimum atomic E-state index is -3.28. The lowest BCUT2D eigenvalue weighted by molar-refractivity contribution is -0.120. The molecule has 2 N–H and O–H groups in total. The monoisotopic (exact) mass is 360 g/mol. The first kappa shape index (κ1) is 18.7. The van der Waals surface area contributed by atoms with Crippen molar-refractivity contribution in [3.8, 4) is 0 Å². The van der Waals surface area contributed by atoms with Crippen molar-refractivity contribution in [1.82, 2.24) is 10.6 Å². The van der Waals surface area contributed by atoms with Crippen molar-refractivity contribution >= 4 is 21.7 Å². The number of sulfone groups is 1. The Morgan fingerprint density at radius 2 is 1.48 bits per heavy atom.